The molecule has 1 aromatic heterocycles. The van der Waals surface area contributed by atoms with Gasteiger partial charge < -0.3 is 0 Å². The monoisotopic (exact) mass is 367 g/mol. The second-order valence-corrected chi connectivity index (χ2v) is 6.47. The van der Waals surface area contributed by atoms with Crippen molar-refractivity contribution in [3.05, 3.63) is 57.8 Å². The first-order chi connectivity index (χ1) is 11.3. The predicted octanol–water partition coefficient (Wildman–Crippen LogP) is 3.44. The van der Waals surface area contributed by atoms with Crippen molar-refractivity contribution >= 4 is 34.9 Å². The lowest BCUT2D eigenvalue weighted by Gasteiger charge is -2.21. The Kier molecular flexibility index (Phi) is 6.04. The Morgan fingerprint density at radius 3 is 2.54 bits per heavy atom. The van der Waals surface area contributed by atoms with Crippen LogP contribution in [0.1, 0.15) is 29.3 Å². The molecule has 24 heavy (non-hydrogen) atoms. The first-order valence-electron chi connectivity index (χ1n) is 7.48. The van der Waals surface area contributed by atoms with Gasteiger partial charge in [0, 0.05) is 28.5 Å². The normalized spacial score (nSPS) is 12.2. The van der Waals surface area contributed by atoms with Crippen LogP contribution in [-0.2, 0) is 4.79 Å². The lowest BCUT2D eigenvalue weighted by molar-refractivity contribution is -0.121. The standard InChI is InChI=1S/C17H19Cl2N3O2/c1-4-15(21(2)3)17(24)20-22-8-7-11(10-22)16(23)13-6-5-12(18)9-14(13)19/h5-10,15H,4H2,1-3H3,(H,20,24). The van der Waals surface area contributed by atoms with Crippen LogP contribution in [0.3, 0.4) is 0 Å². The number of nitrogens with zero attached hydrogens (tertiary/aromatic N) is 2. The molecule has 5 nitrogen and oxygen atoms in total. The minimum atomic E-state index is -0.239. The highest BCUT2D eigenvalue weighted by atomic mass is 35.5. The van der Waals surface area contributed by atoms with Gasteiger partial charge in [-0.15, -0.1) is 0 Å². The summed E-state index contributed by atoms with van der Waals surface area (Å²) in [7, 11) is 3.70. The summed E-state index contributed by atoms with van der Waals surface area (Å²) in [5, 5.41) is 0.763. The highest BCUT2D eigenvalue weighted by molar-refractivity contribution is 6.37. The molecule has 2 rings (SSSR count). The first-order valence-corrected chi connectivity index (χ1v) is 8.24. The lowest BCUT2D eigenvalue weighted by Crippen LogP contribution is -2.41. The van der Waals surface area contributed by atoms with Gasteiger partial charge >= 0.3 is 0 Å². The van der Waals surface area contributed by atoms with E-state index in [0.29, 0.717) is 27.6 Å². The topological polar surface area (TPSA) is 54.3 Å². The number of rotatable bonds is 6. The smallest absolute Gasteiger partial charge is 0.256 e. The molecule has 1 amide bonds. The molecular weight excluding hydrogens is 349 g/mol. The summed E-state index contributed by atoms with van der Waals surface area (Å²) in [6.45, 7) is 1.94. The van der Waals surface area contributed by atoms with E-state index in [-0.39, 0.29) is 17.7 Å². The summed E-state index contributed by atoms with van der Waals surface area (Å²) in [5.41, 5.74) is 3.55. The maximum absolute atomic E-state index is 12.5. The molecule has 0 saturated carbocycles. The summed E-state index contributed by atoms with van der Waals surface area (Å²) in [4.78, 5) is 26.6. The van der Waals surface area contributed by atoms with Crippen molar-refractivity contribution in [2.24, 2.45) is 0 Å². The molecule has 0 aliphatic carbocycles. The fourth-order valence-corrected chi connectivity index (χ4v) is 2.91. The van der Waals surface area contributed by atoms with Crippen molar-refractivity contribution in [3.63, 3.8) is 0 Å². The average Bonchev–Trinajstić information content (AvgIpc) is 2.95. The van der Waals surface area contributed by atoms with Crippen LogP contribution in [-0.4, -0.2) is 41.4 Å². The van der Waals surface area contributed by atoms with Gasteiger partial charge in [-0.05, 0) is 44.8 Å². The van der Waals surface area contributed by atoms with Crippen molar-refractivity contribution in [3.8, 4) is 0 Å². The Hall–Kier alpha value is -1.82. The van der Waals surface area contributed by atoms with E-state index in [1.165, 1.54) is 10.7 Å². The van der Waals surface area contributed by atoms with Crippen molar-refractivity contribution in [1.82, 2.24) is 9.58 Å². The van der Waals surface area contributed by atoms with Gasteiger partial charge in [0.1, 0.15) is 0 Å². The molecule has 0 spiro atoms. The maximum atomic E-state index is 12.5. The third-order valence-corrected chi connectivity index (χ3v) is 4.23. The van der Waals surface area contributed by atoms with E-state index in [2.05, 4.69) is 5.43 Å². The molecule has 0 fully saturated rings. The van der Waals surface area contributed by atoms with E-state index in [1.807, 2.05) is 25.9 Å². The zero-order valence-corrected chi connectivity index (χ0v) is 15.2. The van der Waals surface area contributed by atoms with Crippen LogP contribution in [0.15, 0.2) is 36.7 Å². The number of hydrogen-bond donors (Lipinski definition) is 1. The molecule has 128 valence electrons. The van der Waals surface area contributed by atoms with Crippen molar-refractivity contribution < 1.29 is 9.59 Å². The van der Waals surface area contributed by atoms with Gasteiger partial charge in [-0.25, -0.2) is 0 Å². The molecule has 1 aromatic carbocycles. The molecule has 0 aliphatic rings. The first kappa shape index (κ1) is 18.5. The third kappa shape index (κ3) is 4.17. The Morgan fingerprint density at radius 2 is 1.96 bits per heavy atom. The van der Waals surface area contributed by atoms with Crippen LogP contribution in [0.2, 0.25) is 10.0 Å². The number of ketones is 1. The van der Waals surface area contributed by atoms with Gasteiger partial charge in [-0.1, -0.05) is 30.1 Å². The third-order valence-electron chi connectivity index (χ3n) is 3.68. The minimum absolute atomic E-state index is 0.137. The summed E-state index contributed by atoms with van der Waals surface area (Å²) in [5.74, 6) is -0.369. The molecule has 2 aromatic rings. The van der Waals surface area contributed by atoms with E-state index < -0.39 is 0 Å². The van der Waals surface area contributed by atoms with E-state index in [4.69, 9.17) is 23.2 Å². The number of aromatic nitrogens is 1. The molecule has 7 heteroatoms. The average molecular weight is 368 g/mol. The van der Waals surface area contributed by atoms with Crippen LogP contribution in [0.5, 0.6) is 0 Å². The van der Waals surface area contributed by atoms with Crippen molar-refractivity contribution in [2.75, 3.05) is 19.5 Å². The molecule has 1 N–H and O–H groups in total. The van der Waals surface area contributed by atoms with Crippen LogP contribution in [0, 0.1) is 0 Å². The second kappa shape index (κ2) is 7.83. The molecule has 0 bridgehead atoms. The number of carbonyl (C=O) groups is 2. The van der Waals surface area contributed by atoms with Crippen LogP contribution in [0.4, 0.5) is 0 Å². The zero-order chi connectivity index (χ0) is 17.9. The number of nitrogens with one attached hydrogen (secondary N) is 1. The zero-order valence-electron chi connectivity index (χ0n) is 13.7. The number of hydrogen-bond acceptors (Lipinski definition) is 3. The SMILES string of the molecule is CCC(C(=O)Nn1ccc(C(=O)c2ccc(Cl)cc2Cl)c1)N(C)C. The Balaban J connectivity index is 2.15. The number of halogens is 2. The molecular formula is C17H19Cl2N3O2. The largest absolute Gasteiger partial charge is 0.298 e. The Morgan fingerprint density at radius 1 is 1.25 bits per heavy atom. The predicted molar refractivity (Wildman–Crippen MR) is 96.5 cm³/mol. The van der Waals surface area contributed by atoms with Gasteiger partial charge in [-0.2, -0.15) is 0 Å². The molecule has 0 aliphatic heterocycles. The van der Waals surface area contributed by atoms with Crippen LogP contribution < -0.4 is 5.43 Å². The van der Waals surface area contributed by atoms with Gasteiger partial charge in [0.05, 0.1) is 11.1 Å². The minimum Gasteiger partial charge on any atom is -0.298 e. The summed E-state index contributed by atoms with van der Waals surface area (Å²) < 4.78 is 1.48. The summed E-state index contributed by atoms with van der Waals surface area (Å²) in [6, 6.07) is 6.12. The highest BCUT2D eigenvalue weighted by Crippen LogP contribution is 2.23. The number of carbonyl (C=O) groups excluding carboxylic acids is 2. The lowest BCUT2D eigenvalue weighted by atomic mass is 10.1. The van der Waals surface area contributed by atoms with Crippen LogP contribution >= 0.6 is 23.2 Å². The summed E-state index contributed by atoms with van der Waals surface area (Å²) >= 11 is 11.9. The van der Waals surface area contributed by atoms with Gasteiger partial charge in [0.15, 0.2) is 5.78 Å². The fourth-order valence-electron chi connectivity index (χ4n) is 2.42. The van der Waals surface area contributed by atoms with Crippen molar-refractivity contribution in [2.45, 2.75) is 19.4 Å². The maximum Gasteiger partial charge on any atom is 0.256 e. The van der Waals surface area contributed by atoms with Crippen LogP contribution in [0.25, 0.3) is 0 Å². The van der Waals surface area contributed by atoms with E-state index >= 15 is 0 Å². The van der Waals surface area contributed by atoms with Crippen molar-refractivity contribution in [1.29, 1.82) is 0 Å². The Labute approximate surface area is 151 Å². The van der Waals surface area contributed by atoms with E-state index in [1.54, 1.807) is 30.6 Å². The van der Waals surface area contributed by atoms with Gasteiger partial charge in [-0.3, -0.25) is 24.6 Å². The second-order valence-electron chi connectivity index (χ2n) is 5.62. The number of amides is 1. The van der Waals surface area contributed by atoms with Gasteiger partial charge in [0.2, 0.25) is 0 Å². The highest BCUT2D eigenvalue weighted by Gasteiger charge is 2.19. The quantitative estimate of drug-likeness (QED) is 0.795. The number of likely N-dealkylation sites (N-methyl/N-ethyl adjacent to an activating group) is 1. The molecule has 1 heterocycles. The number of benzene rings is 1. The van der Waals surface area contributed by atoms with Gasteiger partial charge in [0.25, 0.3) is 5.91 Å². The molecule has 1 atom stereocenters. The molecule has 0 saturated heterocycles. The summed E-state index contributed by atoms with van der Waals surface area (Å²) in [6.07, 6.45) is 3.87. The van der Waals surface area contributed by atoms with E-state index in [9.17, 15) is 9.59 Å². The fraction of sp³-hybridized carbons (Fsp3) is 0.294. The Bertz CT molecular complexity index is 756. The van der Waals surface area contributed by atoms with E-state index in [0.717, 1.165) is 0 Å². The molecule has 0 radical (unpaired) electrons. The molecule has 1 unspecified atom stereocenters.